The number of carbonyl (C=O) groups excluding carboxylic acids is 3. The monoisotopic (exact) mass is 581 g/mol. The van der Waals surface area contributed by atoms with E-state index in [9.17, 15) is 24.3 Å². The molecule has 0 aliphatic rings. The Morgan fingerprint density at radius 2 is 1.41 bits per heavy atom. The number of carboxylic acid groups (broad SMARTS) is 1. The van der Waals surface area contributed by atoms with E-state index in [4.69, 9.17) is 29.4 Å². The van der Waals surface area contributed by atoms with E-state index >= 15 is 0 Å². The minimum atomic E-state index is -1.82. The summed E-state index contributed by atoms with van der Waals surface area (Å²) in [5.41, 5.74) is 4.21. The summed E-state index contributed by atoms with van der Waals surface area (Å²) in [6.45, 7) is 15.0. The summed E-state index contributed by atoms with van der Waals surface area (Å²) in [6.07, 6.45) is -0.390. The van der Waals surface area contributed by atoms with Crippen molar-refractivity contribution in [1.82, 2.24) is 0 Å². The Balaban J connectivity index is 3.15. The molecule has 0 saturated carbocycles. The molecule has 1 unspecified atom stereocenters. The lowest BCUT2D eigenvalue weighted by Crippen LogP contribution is -2.52. The third kappa shape index (κ3) is 14.7. The molecule has 3 N–H and O–H groups in total. The van der Waals surface area contributed by atoms with E-state index in [2.05, 4.69) is 0 Å². The average Bonchev–Trinajstić information content (AvgIpc) is 2.82. The third-order valence-corrected chi connectivity index (χ3v) is 5.56. The van der Waals surface area contributed by atoms with Crippen LogP contribution in [0, 0.1) is 10.8 Å². The molecule has 2 atom stereocenters. The van der Waals surface area contributed by atoms with Gasteiger partial charge in [0, 0.05) is 19.3 Å². The van der Waals surface area contributed by atoms with Crippen molar-refractivity contribution in [2.24, 2.45) is 16.6 Å². The zero-order chi connectivity index (χ0) is 31.4. The second kappa shape index (κ2) is 15.6. The molecule has 0 aliphatic carbocycles. The van der Waals surface area contributed by atoms with Crippen molar-refractivity contribution in [1.29, 1.82) is 0 Å². The van der Waals surface area contributed by atoms with Crippen molar-refractivity contribution < 1.29 is 48.0 Å². The first-order valence-corrected chi connectivity index (χ1v) is 13.9. The van der Waals surface area contributed by atoms with Gasteiger partial charge in [-0.1, -0.05) is 67.4 Å². The van der Waals surface area contributed by atoms with E-state index < -0.39 is 35.9 Å². The van der Waals surface area contributed by atoms with Crippen LogP contribution in [0.2, 0.25) is 0 Å². The fraction of sp³-hybridized carbons (Fsp3) is 0.667. The highest BCUT2D eigenvalue weighted by Gasteiger charge is 2.37. The van der Waals surface area contributed by atoms with E-state index in [1.165, 1.54) is 18.2 Å². The fourth-order valence-electron chi connectivity index (χ4n) is 3.57. The van der Waals surface area contributed by atoms with Crippen molar-refractivity contribution in [3.8, 4) is 11.5 Å². The van der Waals surface area contributed by atoms with Crippen LogP contribution in [-0.4, -0.2) is 54.2 Å². The van der Waals surface area contributed by atoms with Gasteiger partial charge in [0.2, 0.25) is 0 Å². The molecule has 0 fully saturated rings. The van der Waals surface area contributed by atoms with Crippen LogP contribution >= 0.6 is 0 Å². The van der Waals surface area contributed by atoms with Crippen LogP contribution < -0.4 is 15.2 Å². The number of hydrogen-bond acceptors (Lipinski definition) is 10. The Morgan fingerprint density at radius 1 is 0.878 bits per heavy atom. The Hall–Kier alpha value is -3.34. The van der Waals surface area contributed by atoms with E-state index in [1.807, 2.05) is 48.5 Å². The van der Waals surface area contributed by atoms with Crippen LogP contribution in [0.3, 0.4) is 0 Å². The summed E-state index contributed by atoms with van der Waals surface area (Å²) in [5, 5.41) is 9.95. The minimum Gasteiger partial charge on any atom is -0.480 e. The maximum Gasteiger partial charge on any atom is 0.513 e. The van der Waals surface area contributed by atoms with Crippen molar-refractivity contribution in [3.05, 3.63) is 23.8 Å². The van der Waals surface area contributed by atoms with Gasteiger partial charge in [0.05, 0.1) is 13.2 Å². The molecule has 41 heavy (non-hydrogen) atoms. The van der Waals surface area contributed by atoms with Gasteiger partial charge in [-0.2, -0.15) is 0 Å². The summed E-state index contributed by atoms with van der Waals surface area (Å²) < 4.78 is 26.3. The normalized spacial score (nSPS) is 13.9. The summed E-state index contributed by atoms with van der Waals surface area (Å²) in [6, 6.07) is 4.18. The zero-order valence-corrected chi connectivity index (χ0v) is 25.7. The number of hydrogen-bond donors (Lipinski definition) is 2. The van der Waals surface area contributed by atoms with Gasteiger partial charge < -0.3 is 34.5 Å². The molecule has 1 aromatic rings. The quantitative estimate of drug-likeness (QED) is 0.114. The Morgan fingerprint density at radius 3 is 1.90 bits per heavy atom. The molecule has 232 valence electrons. The molecule has 0 saturated heterocycles. The third-order valence-electron chi connectivity index (χ3n) is 5.56. The lowest BCUT2D eigenvalue weighted by molar-refractivity contribution is -0.153. The lowest BCUT2D eigenvalue weighted by Gasteiger charge is -2.28. The first kappa shape index (κ1) is 35.7. The molecule has 0 spiro atoms. The van der Waals surface area contributed by atoms with Crippen LogP contribution in [0.15, 0.2) is 18.2 Å². The number of nitrogens with two attached hydrogens (primary N) is 1. The topological polar surface area (TPSA) is 161 Å². The SMILES string of the molecule is CCCCCC(=O)O[C@@H](C)CC(N)(Cc1ccc(OC(=O)OCC(C)(C)C)c(OC(=O)OCC(C)(C)C)c1)C(=O)O. The molecular formula is C30H47NO10. The molecule has 0 aliphatic heterocycles. The summed E-state index contributed by atoms with van der Waals surface area (Å²) in [4.78, 5) is 49.0. The zero-order valence-electron chi connectivity index (χ0n) is 25.7. The smallest absolute Gasteiger partial charge is 0.480 e. The molecular weight excluding hydrogens is 534 g/mol. The molecule has 1 rings (SSSR count). The molecule has 0 radical (unpaired) electrons. The highest BCUT2D eigenvalue weighted by molar-refractivity contribution is 5.79. The molecule has 0 bridgehead atoms. The number of rotatable bonds is 14. The molecule has 11 heteroatoms. The number of esters is 1. The molecule has 0 aromatic heterocycles. The van der Waals surface area contributed by atoms with Crippen LogP contribution in [-0.2, 0) is 30.2 Å². The van der Waals surface area contributed by atoms with Crippen LogP contribution in [0.25, 0.3) is 0 Å². The predicted molar refractivity (Wildman–Crippen MR) is 152 cm³/mol. The van der Waals surface area contributed by atoms with Gasteiger partial charge in [-0.05, 0) is 41.9 Å². The van der Waals surface area contributed by atoms with Crippen LogP contribution in [0.1, 0.15) is 93.1 Å². The molecule has 11 nitrogen and oxygen atoms in total. The van der Waals surface area contributed by atoms with Crippen molar-refractivity contribution in [3.63, 3.8) is 0 Å². The van der Waals surface area contributed by atoms with Crippen LogP contribution in [0.5, 0.6) is 11.5 Å². The molecule has 1 aromatic carbocycles. The van der Waals surface area contributed by atoms with Gasteiger partial charge in [-0.25, -0.2) is 9.59 Å². The van der Waals surface area contributed by atoms with E-state index in [-0.39, 0.29) is 54.8 Å². The van der Waals surface area contributed by atoms with Crippen molar-refractivity contribution in [2.45, 2.75) is 106 Å². The number of benzene rings is 1. The van der Waals surface area contributed by atoms with Gasteiger partial charge >= 0.3 is 24.2 Å². The molecule has 0 heterocycles. The lowest BCUT2D eigenvalue weighted by atomic mass is 9.86. The Bertz CT molecular complexity index is 1040. The van der Waals surface area contributed by atoms with E-state index in [0.717, 1.165) is 12.8 Å². The maximum atomic E-state index is 12.4. The second-order valence-corrected chi connectivity index (χ2v) is 12.8. The number of ether oxygens (including phenoxy) is 5. The van der Waals surface area contributed by atoms with Gasteiger partial charge in [0.15, 0.2) is 11.5 Å². The summed E-state index contributed by atoms with van der Waals surface area (Å²) in [7, 11) is 0. The summed E-state index contributed by atoms with van der Waals surface area (Å²) >= 11 is 0. The highest BCUT2D eigenvalue weighted by atomic mass is 16.7. The first-order chi connectivity index (χ1) is 18.8. The van der Waals surface area contributed by atoms with Gasteiger partial charge in [-0.15, -0.1) is 0 Å². The average molecular weight is 582 g/mol. The van der Waals surface area contributed by atoms with E-state index in [0.29, 0.717) is 12.0 Å². The van der Waals surface area contributed by atoms with Gasteiger partial charge in [0.25, 0.3) is 0 Å². The van der Waals surface area contributed by atoms with Crippen molar-refractivity contribution in [2.75, 3.05) is 13.2 Å². The standard InChI is InChI=1S/C30H47NO10/c1-9-10-11-12-24(32)39-20(2)16-30(31,25(33)34)17-21-13-14-22(40-26(35)37-18-28(3,4)5)23(15-21)41-27(36)38-19-29(6,7)8/h13-15,20H,9-12,16-19,31H2,1-8H3,(H,33,34)/t20-,30?/m0/s1. The van der Waals surface area contributed by atoms with Crippen LogP contribution in [0.4, 0.5) is 9.59 Å². The minimum absolute atomic E-state index is 0.0648. The number of aliphatic carboxylic acids is 1. The fourth-order valence-corrected chi connectivity index (χ4v) is 3.57. The Kier molecular flexibility index (Phi) is 13.6. The van der Waals surface area contributed by atoms with Crippen molar-refractivity contribution >= 4 is 24.2 Å². The second-order valence-electron chi connectivity index (χ2n) is 12.8. The largest absolute Gasteiger partial charge is 0.513 e. The highest BCUT2D eigenvalue weighted by Crippen LogP contribution is 2.32. The van der Waals surface area contributed by atoms with Gasteiger partial charge in [-0.3, -0.25) is 9.59 Å². The first-order valence-electron chi connectivity index (χ1n) is 13.9. The maximum absolute atomic E-state index is 12.4. The predicted octanol–water partition coefficient (Wildman–Crippen LogP) is 6.04. The molecule has 0 amide bonds. The number of carbonyl (C=O) groups is 4. The number of unbranched alkanes of at least 4 members (excludes halogenated alkanes) is 2. The number of carboxylic acids is 1. The Labute approximate surface area is 243 Å². The summed E-state index contributed by atoms with van der Waals surface area (Å²) in [5.74, 6) is -2.03. The van der Waals surface area contributed by atoms with E-state index in [1.54, 1.807) is 6.92 Å². The van der Waals surface area contributed by atoms with Gasteiger partial charge in [0.1, 0.15) is 11.6 Å².